The van der Waals surface area contributed by atoms with Crippen molar-refractivity contribution in [2.45, 2.75) is 25.8 Å². The van der Waals surface area contributed by atoms with Gasteiger partial charge in [0.1, 0.15) is 0 Å². The van der Waals surface area contributed by atoms with E-state index in [0.29, 0.717) is 37.0 Å². The lowest BCUT2D eigenvalue weighted by Crippen LogP contribution is -2.35. The summed E-state index contributed by atoms with van der Waals surface area (Å²) in [5, 5.41) is 5.78. The van der Waals surface area contributed by atoms with E-state index in [2.05, 4.69) is 9.08 Å². The highest BCUT2D eigenvalue weighted by molar-refractivity contribution is 7.84. The SMILES string of the molecule is COCCn1c(=O)cc(N2CCC(CCOS(N)(=O)=O)CC2)c2cc(OC)c(OC)cc21. The minimum Gasteiger partial charge on any atom is -0.493 e. The van der Waals surface area contributed by atoms with Gasteiger partial charge in [0.2, 0.25) is 0 Å². The second-order valence-corrected chi connectivity index (χ2v) is 8.99. The normalized spacial score (nSPS) is 15.3. The molecule has 0 atom stereocenters. The molecule has 0 saturated carbocycles. The fourth-order valence-electron chi connectivity index (χ4n) is 4.16. The summed E-state index contributed by atoms with van der Waals surface area (Å²) in [6, 6.07) is 5.39. The average Bonchev–Trinajstić information content (AvgIpc) is 2.77. The van der Waals surface area contributed by atoms with Gasteiger partial charge in [-0.25, -0.2) is 5.14 Å². The molecule has 2 N–H and O–H groups in total. The number of ether oxygens (including phenoxy) is 3. The van der Waals surface area contributed by atoms with Crippen LogP contribution in [0.5, 0.6) is 11.5 Å². The summed E-state index contributed by atoms with van der Waals surface area (Å²) >= 11 is 0. The molecule has 0 bridgehead atoms. The van der Waals surface area contributed by atoms with Gasteiger partial charge in [-0.1, -0.05) is 0 Å². The van der Waals surface area contributed by atoms with Crippen molar-refractivity contribution in [2.24, 2.45) is 11.1 Å². The molecule has 1 aliphatic rings. The summed E-state index contributed by atoms with van der Waals surface area (Å²) in [4.78, 5) is 15.2. The predicted molar refractivity (Wildman–Crippen MR) is 122 cm³/mol. The van der Waals surface area contributed by atoms with Gasteiger partial charge in [0, 0.05) is 44.3 Å². The number of nitrogens with zero attached hydrogens (tertiary/aromatic N) is 2. The number of pyridine rings is 1. The zero-order valence-electron chi connectivity index (χ0n) is 18.7. The molecule has 2 aromatic rings. The monoisotopic (exact) mass is 469 g/mol. The average molecular weight is 470 g/mol. The molecule has 1 aromatic carbocycles. The molecule has 178 valence electrons. The number of hydrogen-bond donors (Lipinski definition) is 1. The summed E-state index contributed by atoms with van der Waals surface area (Å²) < 4.78 is 44.4. The quantitative estimate of drug-likeness (QED) is 0.555. The summed E-state index contributed by atoms with van der Waals surface area (Å²) in [5.41, 5.74) is 1.49. The number of aromatic nitrogens is 1. The van der Waals surface area contributed by atoms with Gasteiger partial charge >= 0.3 is 10.3 Å². The number of rotatable bonds is 10. The molecule has 0 amide bonds. The zero-order valence-corrected chi connectivity index (χ0v) is 19.5. The highest BCUT2D eigenvalue weighted by Gasteiger charge is 2.23. The second-order valence-electron chi connectivity index (χ2n) is 7.77. The van der Waals surface area contributed by atoms with Crippen molar-refractivity contribution in [1.82, 2.24) is 4.57 Å². The molecule has 0 unspecified atom stereocenters. The van der Waals surface area contributed by atoms with Crippen LogP contribution in [0.2, 0.25) is 0 Å². The van der Waals surface area contributed by atoms with Gasteiger partial charge in [0.25, 0.3) is 5.56 Å². The fourth-order valence-corrected chi connectivity index (χ4v) is 4.48. The Kier molecular flexibility index (Phi) is 7.99. The Morgan fingerprint density at radius 3 is 2.28 bits per heavy atom. The van der Waals surface area contributed by atoms with E-state index >= 15 is 0 Å². The summed E-state index contributed by atoms with van der Waals surface area (Å²) in [6.07, 6.45) is 2.33. The van der Waals surface area contributed by atoms with Crippen LogP contribution in [0.1, 0.15) is 19.3 Å². The molecule has 0 spiro atoms. The van der Waals surface area contributed by atoms with E-state index in [1.807, 2.05) is 12.1 Å². The largest absolute Gasteiger partial charge is 0.493 e. The van der Waals surface area contributed by atoms with Crippen LogP contribution in [0.15, 0.2) is 23.0 Å². The van der Waals surface area contributed by atoms with E-state index in [4.69, 9.17) is 19.3 Å². The third-order valence-corrected chi connectivity index (χ3v) is 6.34. The molecule has 2 heterocycles. The molecule has 32 heavy (non-hydrogen) atoms. The summed E-state index contributed by atoms with van der Waals surface area (Å²) in [5.74, 6) is 1.47. The molecule has 0 aliphatic carbocycles. The minimum atomic E-state index is -3.91. The molecule has 11 heteroatoms. The number of methoxy groups -OCH3 is 3. The third-order valence-electron chi connectivity index (χ3n) is 5.84. The summed E-state index contributed by atoms with van der Waals surface area (Å²) in [6.45, 7) is 2.40. The first kappa shape index (κ1) is 24.3. The van der Waals surface area contributed by atoms with Crippen LogP contribution in [0.3, 0.4) is 0 Å². The van der Waals surface area contributed by atoms with Crippen molar-refractivity contribution in [3.8, 4) is 11.5 Å². The van der Waals surface area contributed by atoms with Crippen molar-refractivity contribution in [1.29, 1.82) is 0 Å². The van der Waals surface area contributed by atoms with E-state index in [-0.39, 0.29) is 12.2 Å². The van der Waals surface area contributed by atoms with Crippen molar-refractivity contribution in [2.75, 3.05) is 52.5 Å². The van der Waals surface area contributed by atoms with Crippen LogP contribution in [0.25, 0.3) is 10.9 Å². The molecule has 1 saturated heterocycles. The molecular formula is C21H31N3O7S. The maximum Gasteiger partial charge on any atom is 0.333 e. The molecule has 1 aromatic heterocycles. The van der Waals surface area contributed by atoms with Crippen molar-refractivity contribution < 1.29 is 26.8 Å². The first-order valence-corrected chi connectivity index (χ1v) is 11.9. The first-order chi connectivity index (χ1) is 15.3. The molecular weight excluding hydrogens is 438 g/mol. The molecule has 1 aliphatic heterocycles. The predicted octanol–water partition coefficient (Wildman–Crippen LogP) is 1.49. The van der Waals surface area contributed by atoms with Crippen LogP contribution < -0.4 is 25.1 Å². The van der Waals surface area contributed by atoms with Crippen LogP contribution in [0, 0.1) is 5.92 Å². The van der Waals surface area contributed by atoms with Crippen LogP contribution in [-0.4, -0.2) is 60.6 Å². The van der Waals surface area contributed by atoms with Crippen LogP contribution in [0.4, 0.5) is 5.69 Å². The number of piperidine rings is 1. The Hall–Kier alpha value is -2.34. The van der Waals surface area contributed by atoms with E-state index in [0.717, 1.165) is 42.5 Å². The van der Waals surface area contributed by atoms with Gasteiger partial charge in [0.05, 0.1) is 38.6 Å². The molecule has 1 fully saturated rings. The number of anilines is 1. The second kappa shape index (κ2) is 10.5. The maximum atomic E-state index is 13.0. The van der Waals surface area contributed by atoms with Gasteiger partial charge in [-0.2, -0.15) is 8.42 Å². The van der Waals surface area contributed by atoms with E-state index < -0.39 is 10.3 Å². The maximum absolute atomic E-state index is 13.0. The Bertz CT molecular complexity index is 1090. The van der Waals surface area contributed by atoms with Crippen LogP contribution in [-0.2, 0) is 25.8 Å². The minimum absolute atomic E-state index is 0.0823. The standard InChI is InChI=1S/C21H31N3O7S/c1-28-11-9-24-18-13-20(30-3)19(29-2)12-16(18)17(14-21(24)25)23-7-4-15(5-8-23)6-10-31-32(22,26)27/h12-15H,4-11H2,1-3H3,(H2,22,26,27). The Labute approximate surface area is 188 Å². The highest BCUT2D eigenvalue weighted by Crippen LogP contribution is 2.37. The van der Waals surface area contributed by atoms with Gasteiger partial charge < -0.3 is 23.7 Å². The lowest BCUT2D eigenvalue weighted by atomic mass is 9.93. The molecule has 0 radical (unpaired) electrons. The van der Waals surface area contributed by atoms with E-state index in [9.17, 15) is 13.2 Å². The Balaban J connectivity index is 1.89. The van der Waals surface area contributed by atoms with Gasteiger partial charge in [0.15, 0.2) is 11.5 Å². The van der Waals surface area contributed by atoms with Gasteiger partial charge in [-0.3, -0.25) is 8.98 Å². The van der Waals surface area contributed by atoms with Gasteiger partial charge in [-0.05, 0) is 31.2 Å². The lowest BCUT2D eigenvalue weighted by molar-refractivity contribution is 0.187. The van der Waals surface area contributed by atoms with E-state index in [1.54, 1.807) is 32.0 Å². The first-order valence-electron chi connectivity index (χ1n) is 10.5. The smallest absolute Gasteiger partial charge is 0.333 e. The van der Waals surface area contributed by atoms with Gasteiger partial charge in [-0.15, -0.1) is 0 Å². The number of benzene rings is 1. The van der Waals surface area contributed by atoms with E-state index in [1.165, 1.54) is 0 Å². The number of fused-ring (bicyclic) bond motifs is 1. The van der Waals surface area contributed by atoms with Crippen molar-refractivity contribution in [3.05, 3.63) is 28.6 Å². The Morgan fingerprint density at radius 2 is 1.69 bits per heavy atom. The topological polar surface area (TPSA) is 122 Å². The fraction of sp³-hybridized carbons (Fsp3) is 0.571. The lowest BCUT2D eigenvalue weighted by Gasteiger charge is -2.34. The molecule has 3 rings (SSSR count). The van der Waals surface area contributed by atoms with Crippen LogP contribution >= 0.6 is 0 Å². The van der Waals surface area contributed by atoms with Crippen molar-refractivity contribution >= 4 is 26.9 Å². The zero-order chi connectivity index (χ0) is 23.3. The summed E-state index contributed by atoms with van der Waals surface area (Å²) in [7, 11) is 0.839. The number of nitrogens with two attached hydrogens (primary N) is 1. The Morgan fingerprint density at radius 1 is 1.03 bits per heavy atom. The highest BCUT2D eigenvalue weighted by atomic mass is 32.2. The van der Waals surface area contributed by atoms with Crippen molar-refractivity contribution in [3.63, 3.8) is 0 Å². The number of hydrogen-bond acceptors (Lipinski definition) is 8. The third kappa shape index (κ3) is 5.71. The molecule has 10 nitrogen and oxygen atoms in total.